The van der Waals surface area contributed by atoms with Gasteiger partial charge in [-0.25, -0.2) is 4.79 Å². The Bertz CT molecular complexity index is 878. The fourth-order valence-electron chi connectivity index (χ4n) is 2.74. The molecular formula is C19H20Cl2N2O7. The highest BCUT2D eigenvalue weighted by Crippen LogP contribution is 2.31. The number of benzene rings is 1. The number of nitrogens with one attached hydrogen (secondary N) is 1. The Labute approximate surface area is 181 Å². The summed E-state index contributed by atoms with van der Waals surface area (Å²) < 4.78 is 5.48. The Morgan fingerprint density at radius 1 is 1.27 bits per heavy atom. The number of aliphatic hydroxyl groups excluding tert-OH is 2. The molecule has 2 unspecified atom stereocenters. The number of hydrogen-bond donors (Lipinski definition) is 5. The van der Waals surface area contributed by atoms with E-state index in [0.717, 1.165) is 0 Å². The Balaban J connectivity index is 2.06. The van der Waals surface area contributed by atoms with Gasteiger partial charge in [0.25, 0.3) is 5.91 Å². The van der Waals surface area contributed by atoms with E-state index in [9.17, 15) is 24.6 Å². The molecule has 9 nitrogen and oxygen atoms in total. The minimum atomic E-state index is -1.54. The molecule has 30 heavy (non-hydrogen) atoms. The molecule has 2 amide bonds. The zero-order valence-electron chi connectivity index (χ0n) is 15.5. The van der Waals surface area contributed by atoms with Crippen LogP contribution in [0.4, 0.5) is 0 Å². The molecule has 0 radical (unpaired) electrons. The van der Waals surface area contributed by atoms with E-state index in [2.05, 4.69) is 5.32 Å². The highest BCUT2D eigenvalue weighted by atomic mass is 35.5. The van der Waals surface area contributed by atoms with Crippen molar-refractivity contribution in [3.05, 3.63) is 51.7 Å². The molecule has 0 fully saturated rings. The predicted molar refractivity (Wildman–Crippen MR) is 109 cm³/mol. The lowest BCUT2D eigenvalue weighted by Gasteiger charge is -2.22. The van der Waals surface area contributed by atoms with Crippen molar-refractivity contribution in [1.82, 2.24) is 5.32 Å². The average Bonchev–Trinajstić information content (AvgIpc) is 2.64. The van der Waals surface area contributed by atoms with Gasteiger partial charge in [0.15, 0.2) is 0 Å². The molecule has 1 aromatic rings. The fourth-order valence-corrected chi connectivity index (χ4v) is 3.38. The molecule has 162 valence electrons. The van der Waals surface area contributed by atoms with Crippen molar-refractivity contribution in [3.8, 4) is 5.75 Å². The van der Waals surface area contributed by atoms with Crippen LogP contribution in [0, 0.1) is 5.92 Å². The van der Waals surface area contributed by atoms with Crippen molar-refractivity contribution in [3.63, 3.8) is 0 Å². The summed E-state index contributed by atoms with van der Waals surface area (Å²) in [6.45, 7) is -0.125. The first-order valence-electron chi connectivity index (χ1n) is 8.76. The van der Waals surface area contributed by atoms with Gasteiger partial charge in [-0.05, 0) is 18.2 Å². The standard InChI is InChI=1S/C19H20Cl2N2O7/c20-12-5-11(30-8-15(25)9-2-1-3-10(24)4-9)6-13(21)17(12)18(27)23-14(19(28)29)7-16(22)26/h1-3,5-6,9,14-15,24-25H,4,7-8H2,(H2,22,26)(H,23,27)(H,28,29)/t9?,14-,15?/m0/s1. The van der Waals surface area contributed by atoms with E-state index in [1.165, 1.54) is 18.2 Å². The first kappa shape index (κ1) is 23.5. The van der Waals surface area contributed by atoms with Crippen molar-refractivity contribution >= 4 is 41.0 Å². The van der Waals surface area contributed by atoms with E-state index in [0.29, 0.717) is 0 Å². The Morgan fingerprint density at radius 3 is 2.43 bits per heavy atom. The Hall–Kier alpha value is -2.75. The van der Waals surface area contributed by atoms with Crippen molar-refractivity contribution in [1.29, 1.82) is 0 Å². The zero-order chi connectivity index (χ0) is 22.4. The van der Waals surface area contributed by atoms with E-state index in [-0.39, 0.29) is 46.1 Å². The summed E-state index contributed by atoms with van der Waals surface area (Å²) in [5.74, 6) is -3.25. The number of carbonyl (C=O) groups excluding carboxylic acids is 2. The number of hydrogen-bond acceptors (Lipinski definition) is 6. The number of primary amides is 1. The number of aliphatic hydroxyl groups is 2. The zero-order valence-corrected chi connectivity index (χ0v) is 17.1. The monoisotopic (exact) mass is 458 g/mol. The molecule has 0 heterocycles. The van der Waals surface area contributed by atoms with Crippen LogP contribution in [0.1, 0.15) is 23.2 Å². The molecule has 3 atom stereocenters. The molecule has 0 aromatic heterocycles. The average molecular weight is 459 g/mol. The number of halogens is 2. The Kier molecular flexibility index (Phi) is 8.10. The summed E-state index contributed by atoms with van der Waals surface area (Å²) in [5.41, 5.74) is 4.78. The van der Waals surface area contributed by atoms with E-state index < -0.39 is 36.4 Å². The highest BCUT2D eigenvalue weighted by molar-refractivity contribution is 6.40. The second-order valence-electron chi connectivity index (χ2n) is 6.59. The number of amides is 2. The summed E-state index contributed by atoms with van der Waals surface area (Å²) in [5, 5.41) is 30.7. The molecule has 0 spiro atoms. The molecule has 11 heteroatoms. The molecule has 6 N–H and O–H groups in total. The van der Waals surface area contributed by atoms with Gasteiger partial charge in [-0.1, -0.05) is 35.4 Å². The van der Waals surface area contributed by atoms with Crippen LogP contribution in [0.2, 0.25) is 10.0 Å². The topological polar surface area (TPSA) is 159 Å². The fraction of sp³-hybridized carbons (Fsp3) is 0.316. The maximum atomic E-state index is 12.4. The van der Waals surface area contributed by atoms with Gasteiger partial charge in [-0.3, -0.25) is 9.59 Å². The third-order valence-corrected chi connectivity index (χ3v) is 4.85. The lowest BCUT2D eigenvalue weighted by Crippen LogP contribution is -2.43. The number of rotatable bonds is 9. The highest BCUT2D eigenvalue weighted by Gasteiger charge is 2.26. The molecule has 1 aliphatic carbocycles. The van der Waals surface area contributed by atoms with Crippen molar-refractivity contribution in [2.24, 2.45) is 11.7 Å². The van der Waals surface area contributed by atoms with Gasteiger partial charge in [0, 0.05) is 12.3 Å². The van der Waals surface area contributed by atoms with Crippen molar-refractivity contribution in [2.45, 2.75) is 25.0 Å². The summed E-state index contributed by atoms with van der Waals surface area (Å²) in [6, 6.07) is 1.03. The number of carbonyl (C=O) groups is 3. The van der Waals surface area contributed by atoms with Crippen LogP contribution in [-0.4, -0.2) is 51.9 Å². The van der Waals surface area contributed by atoms with E-state index in [1.807, 2.05) is 0 Å². The number of aliphatic carboxylic acids is 1. The first-order valence-corrected chi connectivity index (χ1v) is 9.52. The molecule has 1 aromatic carbocycles. The van der Waals surface area contributed by atoms with Crippen molar-refractivity contribution < 1.29 is 34.4 Å². The van der Waals surface area contributed by atoms with Crippen LogP contribution in [0.15, 0.2) is 36.1 Å². The SMILES string of the molecule is NC(=O)C[C@H](NC(=O)c1c(Cl)cc(OCC(O)C2C=CC=C(O)C2)cc1Cl)C(=O)O. The second-order valence-corrected chi connectivity index (χ2v) is 7.40. The second kappa shape index (κ2) is 10.3. The van der Waals surface area contributed by atoms with Crippen LogP contribution in [0.5, 0.6) is 5.75 Å². The lowest BCUT2D eigenvalue weighted by molar-refractivity contribution is -0.140. The number of allylic oxidation sites excluding steroid dienone is 3. The van der Waals surface area contributed by atoms with Gasteiger partial charge < -0.3 is 31.1 Å². The minimum Gasteiger partial charge on any atom is -0.512 e. The quantitative estimate of drug-likeness (QED) is 0.377. The third-order valence-electron chi connectivity index (χ3n) is 4.26. The number of carboxylic acids is 1. The molecule has 0 bridgehead atoms. The molecular weight excluding hydrogens is 439 g/mol. The predicted octanol–water partition coefficient (Wildman–Crippen LogP) is 1.81. The largest absolute Gasteiger partial charge is 0.512 e. The van der Waals surface area contributed by atoms with Gasteiger partial charge in [-0.2, -0.15) is 0 Å². The van der Waals surface area contributed by atoms with Crippen molar-refractivity contribution in [2.75, 3.05) is 6.61 Å². The summed E-state index contributed by atoms with van der Waals surface area (Å²) >= 11 is 12.2. The lowest BCUT2D eigenvalue weighted by atomic mass is 9.94. The van der Waals surface area contributed by atoms with Crippen LogP contribution in [0.25, 0.3) is 0 Å². The molecule has 1 aliphatic rings. The third kappa shape index (κ3) is 6.38. The van der Waals surface area contributed by atoms with Crippen LogP contribution < -0.4 is 15.8 Å². The maximum absolute atomic E-state index is 12.4. The van der Waals surface area contributed by atoms with Gasteiger partial charge in [0.2, 0.25) is 5.91 Å². The molecule has 0 saturated carbocycles. The van der Waals surface area contributed by atoms with Gasteiger partial charge in [-0.15, -0.1) is 0 Å². The molecule has 0 saturated heterocycles. The van der Waals surface area contributed by atoms with E-state index in [1.54, 1.807) is 12.2 Å². The molecule has 0 aliphatic heterocycles. The van der Waals surface area contributed by atoms with Crippen LogP contribution >= 0.6 is 23.2 Å². The minimum absolute atomic E-state index is 0.120. The first-order chi connectivity index (χ1) is 14.1. The Morgan fingerprint density at radius 2 is 1.90 bits per heavy atom. The van der Waals surface area contributed by atoms with Gasteiger partial charge >= 0.3 is 5.97 Å². The van der Waals surface area contributed by atoms with Gasteiger partial charge in [0.1, 0.15) is 18.4 Å². The van der Waals surface area contributed by atoms with E-state index in [4.69, 9.17) is 38.8 Å². The van der Waals surface area contributed by atoms with Gasteiger partial charge in [0.05, 0.1) is 33.9 Å². The van der Waals surface area contributed by atoms with E-state index >= 15 is 0 Å². The smallest absolute Gasteiger partial charge is 0.326 e. The number of carboxylic acid groups (broad SMARTS) is 1. The number of ether oxygens (including phenoxy) is 1. The summed E-state index contributed by atoms with van der Waals surface area (Å²) in [4.78, 5) is 34.5. The van der Waals surface area contributed by atoms with Crippen LogP contribution in [-0.2, 0) is 9.59 Å². The summed E-state index contributed by atoms with van der Waals surface area (Å²) in [7, 11) is 0. The summed E-state index contributed by atoms with van der Waals surface area (Å²) in [6.07, 6.45) is 3.67. The number of nitrogens with two attached hydrogens (primary N) is 1. The van der Waals surface area contributed by atoms with Crippen LogP contribution in [0.3, 0.4) is 0 Å². The normalized spacial score (nSPS) is 17.6. The maximum Gasteiger partial charge on any atom is 0.326 e. The molecule has 2 rings (SSSR count).